The highest BCUT2D eigenvalue weighted by atomic mass is 19.4. The Labute approximate surface area is 147 Å². The summed E-state index contributed by atoms with van der Waals surface area (Å²) in [7, 11) is 0. The number of primary amides is 1. The van der Waals surface area contributed by atoms with E-state index in [1.165, 1.54) is 6.07 Å². The van der Waals surface area contributed by atoms with Gasteiger partial charge in [-0.15, -0.1) is 0 Å². The third kappa shape index (κ3) is 3.78. The van der Waals surface area contributed by atoms with Gasteiger partial charge in [0, 0.05) is 23.9 Å². The number of ether oxygens (including phenoxy) is 2. The summed E-state index contributed by atoms with van der Waals surface area (Å²) in [5, 5.41) is 3.26. The first-order valence-electron chi connectivity index (χ1n) is 8.34. The van der Waals surface area contributed by atoms with E-state index in [9.17, 15) is 22.4 Å². The minimum Gasteiger partial charge on any atom is -0.449 e. The third-order valence-corrected chi connectivity index (χ3v) is 5.19. The SMILES string of the molecule is NC(=O)OCC(C1COCCN1)C1(c2ccc(F)c(C(F)(F)F)c2)CC1. The van der Waals surface area contributed by atoms with Crippen LogP contribution in [0.5, 0.6) is 0 Å². The molecule has 0 radical (unpaired) electrons. The summed E-state index contributed by atoms with van der Waals surface area (Å²) >= 11 is 0. The maximum atomic E-state index is 13.6. The number of alkyl halides is 3. The molecule has 26 heavy (non-hydrogen) atoms. The quantitative estimate of drug-likeness (QED) is 0.775. The van der Waals surface area contributed by atoms with Gasteiger partial charge in [-0.05, 0) is 30.5 Å². The molecule has 0 bridgehead atoms. The van der Waals surface area contributed by atoms with Gasteiger partial charge in [-0.1, -0.05) is 6.07 Å². The van der Waals surface area contributed by atoms with E-state index in [1.54, 1.807) is 0 Å². The van der Waals surface area contributed by atoms with Crippen LogP contribution in [0.1, 0.15) is 24.0 Å². The van der Waals surface area contributed by atoms with Gasteiger partial charge in [0.25, 0.3) is 0 Å². The third-order valence-electron chi connectivity index (χ3n) is 5.19. The molecule has 0 spiro atoms. The van der Waals surface area contributed by atoms with E-state index in [0.717, 1.165) is 12.1 Å². The standard InChI is InChI=1S/C17H20F4N2O3/c18-13-2-1-10(7-11(13)17(19,20)21)16(3-4-16)12(8-26-15(22)24)14-9-25-6-5-23-14/h1-2,7,12,14,23H,3-6,8-9H2,(H2,22,24). The maximum absolute atomic E-state index is 13.6. The number of halogens is 4. The summed E-state index contributed by atoms with van der Waals surface area (Å²) in [5.41, 5.74) is 3.52. The van der Waals surface area contributed by atoms with Gasteiger partial charge in [0.15, 0.2) is 0 Å². The first kappa shape index (κ1) is 18.9. The van der Waals surface area contributed by atoms with Gasteiger partial charge < -0.3 is 20.5 Å². The summed E-state index contributed by atoms with van der Waals surface area (Å²) in [5.74, 6) is -1.64. The molecule has 1 aliphatic heterocycles. The van der Waals surface area contributed by atoms with Crippen LogP contribution in [0.3, 0.4) is 0 Å². The topological polar surface area (TPSA) is 73.6 Å². The zero-order chi connectivity index (χ0) is 18.9. The molecule has 2 unspecified atom stereocenters. The van der Waals surface area contributed by atoms with Crippen molar-refractivity contribution < 1.29 is 31.8 Å². The number of carbonyl (C=O) groups excluding carboxylic acids is 1. The van der Waals surface area contributed by atoms with Crippen LogP contribution in [0.25, 0.3) is 0 Å². The summed E-state index contributed by atoms with van der Waals surface area (Å²) < 4.78 is 63.3. The molecular formula is C17H20F4N2O3. The van der Waals surface area contributed by atoms with E-state index in [2.05, 4.69) is 5.32 Å². The largest absolute Gasteiger partial charge is 0.449 e. The number of nitrogens with two attached hydrogens (primary N) is 1. The number of benzene rings is 1. The summed E-state index contributed by atoms with van der Waals surface area (Å²) in [6.07, 6.45) is -4.50. The molecule has 2 aliphatic rings. The molecule has 0 aromatic heterocycles. The molecule has 2 fully saturated rings. The fourth-order valence-corrected chi connectivity index (χ4v) is 3.74. The monoisotopic (exact) mass is 376 g/mol. The number of hydrogen-bond donors (Lipinski definition) is 2. The lowest BCUT2D eigenvalue weighted by Gasteiger charge is -2.36. The Morgan fingerprint density at radius 1 is 1.42 bits per heavy atom. The van der Waals surface area contributed by atoms with Gasteiger partial charge in [0.05, 0.1) is 25.4 Å². The van der Waals surface area contributed by atoms with Crippen LogP contribution in [-0.2, 0) is 21.1 Å². The Morgan fingerprint density at radius 2 is 2.15 bits per heavy atom. The zero-order valence-corrected chi connectivity index (χ0v) is 13.9. The molecule has 144 valence electrons. The molecule has 9 heteroatoms. The average Bonchev–Trinajstić information content (AvgIpc) is 3.37. The molecule has 1 heterocycles. The first-order chi connectivity index (χ1) is 12.2. The summed E-state index contributed by atoms with van der Waals surface area (Å²) in [6, 6.07) is 2.88. The van der Waals surface area contributed by atoms with E-state index in [-0.39, 0.29) is 18.6 Å². The zero-order valence-electron chi connectivity index (χ0n) is 13.9. The molecule has 1 saturated heterocycles. The number of nitrogens with one attached hydrogen (secondary N) is 1. The highest BCUT2D eigenvalue weighted by molar-refractivity contribution is 5.64. The minimum atomic E-state index is -4.78. The van der Waals surface area contributed by atoms with Crippen molar-refractivity contribution in [2.75, 3.05) is 26.4 Å². The van der Waals surface area contributed by atoms with Gasteiger partial charge in [-0.25, -0.2) is 9.18 Å². The normalized spacial score (nSPS) is 23.3. The molecule has 1 saturated carbocycles. The van der Waals surface area contributed by atoms with E-state index in [1.807, 2.05) is 0 Å². The molecule has 3 rings (SSSR count). The molecule has 1 amide bonds. The Hall–Kier alpha value is -1.87. The van der Waals surface area contributed by atoms with E-state index in [4.69, 9.17) is 15.2 Å². The summed E-state index contributed by atoms with van der Waals surface area (Å²) in [6.45, 7) is 1.42. The smallest absolute Gasteiger partial charge is 0.419 e. The molecule has 3 N–H and O–H groups in total. The van der Waals surface area contributed by atoms with E-state index < -0.39 is 29.1 Å². The number of rotatable bonds is 5. The van der Waals surface area contributed by atoms with Crippen molar-refractivity contribution in [2.24, 2.45) is 11.7 Å². The molecule has 1 aromatic rings. The Kier molecular flexibility index (Phi) is 5.12. The van der Waals surface area contributed by atoms with Crippen LogP contribution >= 0.6 is 0 Å². The molecule has 1 aliphatic carbocycles. The van der Waals surface area contributed by atoms with Gasteiger partial charge >= 0.3 is 12.3 Å². The van der Waals surface area contributed by atoms with Gasteiger partial charge in [0.1, 0.15) is 5.82 Å². The Balaban J connectivity index is 1.93. The Morgan fingerprint density at radius 3 is 2.69 bits per heavy atom. The van der Waals surface area contributed by atoms with Crippen LogP contribution in [0.15, 0.2) is 18.2 Å². The van der Waals surface area contributed by atoms with Gasteiger partial charge in [0.2, 0.25) is 0 Å². The number of amides is 1. The highest BCUT2D eigenvalue weighted by Crippen LogP contribution is 2.56. The molecule has 1 aromatic carbocycles. The van der Waals surface area contributed by atoms with Crippen molar-refractivity contribution in [3.05, 3.63) is 35.1 Å². The lowest BCUT2D eigenvalue weighted by Crippen LogP contribution is -2.51. The molecular weight excluding hydrogens is 356 g/mol. The van der Waals surface area contributed by atoms with Crippen LogP contribution in [0.4, 0.5) is 22.4 Å². The lowest BCUT2D eigenvalue weighted by molar-refractivity contribution is -0.140. The van der Waals surface area contributed by atoms with Gasteiger partial charge in [-0.2, -0.15) is 13.2 Å². The second-order valence-electron chi connectivity index (χ2n) is 6.72. The van der Waals surface area contributed by atoms with Crippen molar-refractivity contribution in [1.29, 1.82) is 0 Å². The van der Waals surface area contributed by atoms with Crippen molar-refractivity contribution in [2.45, 2.75) is 30.5 Å². The van der Waals surface area contributed by atoms with Crippen LogP contribution in [0, 0.1) is 11.7 Å². The number of morpholine rings is 1. The minimum absolute atomic E-state index is 0.0465. The lowest BCUT2D eigenvalue weighted by atomic mass is 9.78. The van der Waals surface area contributed by atoms with Crippen molar-refractivity contribution in [3.8, 4) is 0 Å². The first-order valence-corrected chi connectivity index (χ1v) is 8.34. The number of hydrogen-bond acceptors (Lipinski definition) is 4. The van der Waals surface area contributed by atoms with Crippen LogP contribution in [-0.4, -0.2) is 38.5 Å². The van der Waals surface area contributed by atoms with Crippen molar-refractivity contribution >= 4 is 6.09 Å². The average molecular weight is 376 g/mol. The number of carbonyl (C=O) groups is 1. The Bertz CT molecular complexity index is 670. The second-order valence-corrected chi connectivity index (χ2v) is 6.72. The van der Waals surface area contributed by atoms with E-state index >= 15 is 0 Å². The highest BCUT2D eigenvalue weighted by Gasteiger charge is 2.54. The maximum Gasteiger partial charge on any atom is 0.419 e. The van der Waals surface area contributed by atoms with Crippen molar-refractivity contribution in [1.82, 2.24) is 5.32 Å². The van der Waals surface area contributed by atoms with Crippen molar-refractivity contribution in [3.63, 3.8) is 0 Å². The van der Waals surface area contributed by atoms with Crippen LogP contribution in [0.2, 0.25) is 0 Å². The van der Waals surface area contributed by atoms with E-state index in [0.29, 0.717) is 38.2 Å². The molecule has 5 nitrogen and oxygen atoms in total. The predicted molar refractivity (Wildman–Crippen MR) is 83.9 cm³/mol. The fourth-order valence-electron chi connectivity index (χ4n) is 3.74. The fraction of sp³-hybridized carbons (Fsp3) is 0.588. The molecule has 2 atom stereocenters. The van der Waals surface area contributed by atoms with Gasteiger partial charge in [-0.3, -0.25) is 0 Å². The second kappa shape index (κ2) is 7.03. The van der Waals surface area contributed by atoms with Crippen LogP contribution < -0.4 is 11.1 Å². The summed E-state index contributed by atoms with van der Waals surface area (Å²) in [4.78, 5) is 11.1. The predicted octanol–water partition coefficient (Wildman–Crippen LogP) is 2.58.